The van der Waals surface area contributed by atoms with Gasteiger partial charge in [0.15, 0.2) is 0 Å². The molecule has 3 N–H and O–H groups in total. The lowest BCUT2D eigenvalue weighted by Gasteiger charge is -2.08. The summed E-state index contributed by atoms with van der Waals surface area (Å²) < 4.78 is 0. The fourth-order valence-corrected chi connectivity index (χ4v) is 2.95. The molecule has 0 fully saturated rings. The molecule has 0 spiro atoms. The normalized spacial score (nSPS) is 10.1. The molecule has 0 bridgehead atoms. The summed E-state index contributed by atoms with van der Waals surface area (Å²) in [6.07, 6.45) is 0. The van der Waals surface area contributed by atoms with E-state index in [1.54, 1.807) is 48.5 Å². The van der Waals surface area contributed by atoms with Crippen LogP contribution >= 0.6 is 11.3 Å². The maximum Gasteiger partial charge on any atom is 0.265 e. The summed E-state index contributed by atoms with van der Waals surface area (Å²) in [5.41, 5.74) is 1.52. The predicted molar refractivity (Wildman–Crippen MR) is 106 cm³/mol. The van der Waals surface area contributed by atoms with Gasteiger partial charge >= 0.3 is 0 Å². The second-order valence-corrected chi connectivity index (χ2v) is 6.56. The van der Waals surface area contributed by atoms with Crippen LogP contribution in [-0.4, -0.2) is 24.3 Å². The molecule has 0 radical (unpaired) electrons. The van der Waals surface area contributed by atoms with Gasteiger partial charge in [-0.05, 0) is 41.8 Å². The van der Waals surface area contributed by atoms with Gasteiger partial charge in [0.05, 0.1) is 11.4 Å². The summed E-state index contributed by atoms with van der Waals surface area (Å²) in [6, 6.07) is 19.1. The molecule has 0 atom stereocenters. The highest BCUT2D eigenvalue weighted by Crippen LogP contribution is 2.15. The first-order chi connectivity index (χ1) is 13.1. The van der Waals surface area contributed by atoms with E-state index in [0.29, 0.717) is 21.8 Å². The predicted octanol–water partition coefficient (Wildman–Crippen LogP) is 3.37. The van der Waals surface area contributed by atoms with Gasteiger partial charge in [-0.1, -0.05) is 30.3 Å². The Kier molecular flexibility index (Phi) is 5.96. The Morgan fingerprint density at radius 2 is 1.56 bits per heavy atom. The molecule has 0 unspecified atom stereocenters. The highest BCUT2D eigenvalue weighted by atomic mass is 32.1. The standard InChI is InChI=1S/C20H17N3O3S/c24-18(22-15-7-2-1-3-8-15)13-21-19(25)14-6-4-9-16(12-14)23-20(26)17-10-5-11-27-17/h1-12H,13H2,(H,21,25)(H,22,24)(H,23,26). The molecule has 136 valence electrons. The van der Waals surface area contributed by atoms with E-state index < -0.39 is 5.91 Å². The lowest BCUT2D eigenvalue weighted by atomic mass is 10.2. The van der Waals surface area contributed by atoms with Crippen molar-refractivity contribution in [1.82, 2.24) is 5.32 Å². The second-order valence-electron chi connectivity index (χ2n) is 5.61. The zero-order chi connectivity index (χ0) is 19.1. The summed E-state index contributed by atoms with van der Waals surface area (Å²) in [4.78, 5) is 36.9. The number of carbonyl (C=O) groups is 3. The Labute approximate surface area is 160 Å². The minimum atomic E-state index is -0.398. The minimum absolute atomic E-state index is 0.153. The van der Waals surface area contributed by atoms with Crippen molar-refractivity contribution < 1.29 is 14.4 Å². The van der Waals surface area contributed by atoms with Gasteiger partial charge in [0.2, 0.25) is 5.91 Å². The molecule has 1 aromatic heterocycles. The fraction of sp³-hybridized carbons (Fsp3) is 0.0500. The van der Waals surface area contributed by atoms with Gasteiger partial charge in [0.1, 0.15) is 0 Å². The molecule has 3 rings (SSSR count). The average Bonchev–Trinajstić information content (AvgIpc) is 3.22. The molecule has 3 amide bonds. The molecular formula is C20H17N3O3S. The van der Waals surface area contributed by atoms with Crippen LogP contribution < -0.4 is 16.0 Å². The summed E-state index contributed by atoms with van der Waals surface area (Å²) in [7, 11) is 0. The number of anilines is 2. The quantitative estimate of drug-likeness (QED) is 0.614. The van der Waals surface area contributed by atoms with Gasteiger partial charge in [-0.3, -0.25) is 14.4 Å². The van der Waals surface area contributed by atoms with Gasteiger partial charge in [0.25, 0.3) is 11.8 Å². The first kappa shape index (κ1) is 18.3. The van der Waals surface area contributed by atoms with E-state index in [0.717, 1.165) is 0 Å². The van der Waals surface area contributed by atoms with Crippen molar-refractivity contribution in [1.29, 1.82) is 0 Å². The number of carbonyl (C=O) groups excluding carboxylic acids is 3. The number of thiophene rings is 1. The van der Waals surface area contributed by atoms with Crippen molar-refractivity contribution >= 4 is 40.4 Å². The average molecular weight is 379 g/mol. The van der Waals surface area contributed by atoms with E-state index in [1.165, 1.54) is 11.3 Å². The number of hydrogen-bond donors (Lipinski definition) is 3. The van der Waals surface area contributed by atoms with E-state index >= 15 is 0 Å². The van der Waals surface area contributed by atoms with Crippen LogP contribution in [0.4, 0.5) is 11.4 Å². The number of para-hydroxylation sites is 1. The Bertz CT molecular complexity index is 940. The molecule has 0 saturated heterocycles. The summed E-state index contributed by atoms with van der Waals surface area (Å²) in [5.74, 6) is -0.952. The van der Waals surface area contributed by atoms with Crippen LogP contribution in [0, 0.1) is 0 Å². The SMILES string of the molecule is O=C(CNC(=O)c1cccc(NC(=O)c2cccs2)c1)Nc1ccccc1. The van der Waals surface area contributed by atoms with Crippen LogP contribution in [0.25, 0.3) is 0 Å². The van der Waals surface area contributed by atoms with E-state index in [2.05, 4.69) is 16.0 Å². The third-order valence-corrected chi connectivity index (χ3v) is 4.46. The third-order valence-electron chi connectivity index (χ3n) is 3.59. The number of amides is 3. The number of hydrogen-bond acceptors (Lipinski definition) is 4. The Morgan fingerprint density at radius 3 is 2.30 bits per heavy atom. The van der Waals surface area contributed by atoms with Crippen LogP contribution in [0.3, 0.4) is 0 Å². The molecule has 2 aromatic carbocycles. The Hall–Kier alpha value is -3.45. The number of nitrogens with one attached hydrogen (secondary N) is 3. The van der Waals surface area contributed by atoms with Crippen LogP contribution in [0.5, 0.6) is 0 Å². The van der Waals surface area contributed by atoms with Crippen molar-refractivity contribution in [3.8, 4) is 0 Å². The number of rotatable bonds is 6. The lowest BCUT2D eigenvalue weighted by Crippen LogP contribution is -2.32. The molecule has 0 aliphatic heterocycles. The summed E-state index contributed by atoms with van der Waals surface area (Å²) in [6.45, 7) is -0.153. The summed E-state index contributed by atoms with van der Waals surface area (Å²) in [5, 5.41) is 9.83. The van der Waals surface area contributed by atoms with Crippen molar-refractivity contribution in [3.63, 3.8) is 0 Å². The van der Waals surface area contributed by atoms with E-state index in [-0.39, 0.29) is 18.4 Å². The molecule has 1 heterocycles. The van der Waals surface area contributed by atoms with Crippen molar-refractivity contribution in [3.05, 3.63) is 82.6 Å². The highest BCUT2D eigenvalue weighted by Gasteiger charge is 2.11. The van der Waals surface area contributed by atoms with Gasteiger partial charge in [0, 0.05) is 16.9 Å². The third kappa shape index (κ3) is 5.26. The van der Waals surface area contributed by atoms with Crippen molar-refractivity contribution in [2.24, 2.45) is 0 Å². The van der Waals surface area contributed by atoms with Crippen LogP contribution in [0.1, 0.15) is 20.0 Å². The lowest BCUT2D eigenvalue weighted by molar-refractivity contribution is -0.115. The van der Waals surface area contributed by atoms with E-state index in [9.17, 15) is 14.4 Å². The molecule has 27 heavy (non-hydrogen) atoms. The molecular weight excluding hydrogens is 362 g/mol. The minimum Gasteiger partial charge on any atom is -0.343 e. The maximum atomic E-state index is 12.3. The van der Waals surface area contributed by atoms with Crippen molar-refractivity contribution in [2.45, 2.75) is 0 Å². The van der Waals surface area contributed by atoms with E-state index in [1.807, 2.05) is 23.6 Å². The van der Waals surface area contributed by atoms with Crippen LogP contribution in [0.15, 0.2) is 72.1 Å². The van der Waals surface area contributed by atoms with Crippen LogP contribution in [0.2, 0.25) is 0 Å². The maximum absolute atomic E-state index is 12.3. The van der Waals surface area contributed by atoms with Gasteiger partial charge in [-0.25, -0.2) is 0 Å². The van der Waals surface area contributed by atoms with Gasteiger partial charge in [-0.15, -0.1) is 11.3 Å². The number of benzene rings is 2. The highest BCUT2D eigenvalue weighted by molar-refractivity contribution is 7.12. The monoisotopic (exact) mass is 379 g/mol. The largest absolute Gasteiger partial charge is 0.343 e. The Balaban J connectivity index is 1.55. The Morgan fingerprint density at radius 1 is 0.778 bits per heavy atom. The first-order valence-electron chi connectivity index (χ1n) is 8.20. The first-order valence-corrected chi connectivity index (χ1v) is 9.08. The molecule has 0 aliphatic rings. The second kappa shape index (κ2) is 8.77. The molecule has 7 heteroatoms. The van der Waals surface area contributed by atoms with E-state index in [4.69, 9.17) is 0 Å². The fourth-order valence-electron chi connectivity index (χ4n) is 2.33. The van der Waals surface area contributed by atoms with Gasteiger partial charge < -0.3 is 16.0 Å². The summed E-state index contributed by atoms with van der Waals surface area (Å²) >= 11 is 1.34. The molecule has 6 nitrogen and oxygen atoms in total. The molecule has 3 aromatic rings. The zero-order valence-electron chi connectivity index (χ0n) is 14.3. The smallest absolute Gasteiger partial charge is 0.265 e. The topological polar surface area (TPSA) is 87.3 Å². The molecule has 0 aliphatic carbocycles. The van der Waals surface area contributed by atoms with Crippen molar-refractivity contribution in [2.75, 3.05) is 17.2 Å². The van der Waals surface area contributed by atoms with Gasteiger partial charge in [-0.2, -0.15) is 0 Å². The van der Waals surface area contributed by atoms with Crippen LogP contribution in [-0.2, 0) is 4.79 Å². The molecule has 0 saturated carbocycles. The zero-order valence-corrected chi connectivity index (χ0v) is 15.1.